The number of esters is 2. The van der Waals surface area contributed by atoms with Crippen LogP contribution >= 0.6 is 15.6 Å². The van der Waals surface area contributed by atoms with E-state index in [-0.39, 0.29) is 12.8 Å². The van der Waals surface area contributed by atoms with E-state index in [0.29, 0.717) is 32.1 Å². The van der Waals surface area contributed by atoms with Gasteiger partial charge in [-0.15, -0.1) is 0 Å². The van der Waals surface area contributed by atoms with Crippen molar-refractivity contribution in [2.75, 3.05) is 26.4 Å². The minimum atomic E-state index is -4.88. The van der Waals surface area contributed by atoms with E-state index < -0.39 is 72.3 Å². The number of carbonyl (C=O) groups is 2. The zero-order chi connectivity index (χ0) is 43.2. The molecule has 4 atom stereocenters. The van der Waals surface area contributed by atoms with Gasteiger partial charge in [-0.05, 0) is 44.9 Å². The molecule has 5 N–H and O–H groups in total. The van der Waals surface area contributed by atoms with Crippen molar-refractivity contribution in [1.29, 1.82) is 0 Å². The first-order valence-corrected chi connectivity index (χ1v) is 24.1. The molecular weight excluding hydrogens is 790 g/mol. The number of carbonyl (C=O) groups excluding carboxylic acids is 2. The van der Waals surface area contributed by atoms with E-state index in [0.717, 1.165) is 32.1 Å². The molecule has 0 rings (SSSR count). The lowest BCUT2D eigenvalue weighted by Gasteiger charge is -2.20. The number of hydrogen-bond acceptors (Lipinski definition) is 11. The molecule has 336 valence electrons. The van der Waals surface area contributed by atoms with Gasteiger partial charge in [-0.3, -0.25) is 23.2 Å². The van der Waals surface area contributed by atoms with Gasteiger partial charge in [-0.2, -0.15) is 0 Å². The summed E-state index contributed by atoms with van der Waals surface area (Å²) in [5.41, 5.74) is 0. The highest BCUT2D eigenvalue weighted by Gasteiger charge is 2.28. The number of unbranched alkanes of at least 4 members (excludes halogenated alkanes) is 13. The minimum Gasteiger partial charge on any atom is -0.462 e. The maximum absolute atomic E-state index is 12.6. The summed E-state index contributed by atoms with van der Waals surface area (Å²) >= 11 is 0. The molecule has 58 heavy (non-hydrogen) atoms. The average Bonchev–Trinajstić information content (AvgIpc) is 3.17. The summed E-state index contributed by atoms with van der Waals surface area (Å²) in [7, 11) is -9.71. The molecule has 0 saturated heterocycles. The van der Waals surface area contributed by atoms with Crippen LogP contribution in [-0.2, 0) is 41.8 Å². The minimum absolute atomic E-state index is 0.0204. The van der Waals surface area contributed by atoms with Gasteiger partial charge in [0.2, 0.25) is 0 Å². The van der Waals surface area contributed by atoms with Gasteiger partial charge in [0.25, 0.3) is 0 Å². The van der Waals surface area contributed by atoms with Crippen LogP contribution in [0.3, 0.4) is 0 Å². The Labute approximate surface area is 347 Å². The van der Waals surface area contributed by atoms with Crippen LogP contribution in [-0.4, -0.2) is 81.6 Å². The van der Waals surface area contributed by atoms with Crippen molar-refractivity contribution < 1.29 is 66.7 Å². The summed E-state index contributed by atoms with van der Waals surface area (Å²) < 4.78 is 47.6. The van der Waals surface area contributed by atoms with Gasteiger partial charge in [0.1, 0.15) is 12.7 Å². The molecule has 0 aliphatic carbocycles. The van der Waals surface area contributed by atoms with Gasteiger partial charge >= 0.3 is 27.6 Å². The van der Waals surface area contributed by atoms with Crippen LogP contribution in [0.5, 0.6) is 0 Å². The Hall–Kier alpha value is -2.22. The van der Waals surface area contributed by atoms with Gasteiger partial charge in [0, 0.05) is 12.8 Å². The first kappa shape index (κ1) is 55.8. The number of aliphatic hydroxyl groups is 2. The molecule has 0 amide bonds. The van der Waals surface area contributed by atoms with E-state index in [1.807, 2.05) is 36.5 Å². The molecule has 0 bridgehead atoms. The summed E-state index contributed by atoms with van der Waals surface area (Å²) in [6.07, 6.45) is 35.4. The molecule has 14 nitrogen and oxygen atoms in total. The van der Waals surface area contributed by atoms with Crippen LogP contribution in [0.2, 0.25) is 0 Å². The lowest BCUT2D eigenvalue weighted by Crippen LogP contribution is -2.29. The maximum atomic E-state index is 12.6. The molecule has 2 unspecified atom stereocenters. The Kier molecular flexibility index (Phi) is 36.3. The largest absolute Gasteiger partial charge is 0.472 e. The molecule has 0 spiro atoms. The fourth-order valence-corrected chi connectivity index (χ4v) is 6.45. The van der Waals surface area contributed by atoms with E-state index in [2.05, 4.69) is 35.0 Å². The topological polar surface area (TPSA) is 216 Å². The molecular formula is C42H74O14P2. The number of allylic oxidation sites excluding steroid dienone is 8. The SMILES string of the molecule is CC/C=C\C/C=C\CC(O)/C=C/C=C\C/C=C\CCCC(=O)O[C@H](COC(=O)CCCCCCCCCCCCCCC)COP(=O)(O)OC[C@@H](O)COP(=O)(O)O. The van der Waals surface area contributed by atoms with Crippen LogP contribution in [0, 0.1) is 0 Å². The molecule has 0 aromatic heterocycles. The molecule has 0 radical (unpaired) electrons. The van der Waals surface area contributed by atoms with E-state index in [1.165, 1.54) is 57.8 Å². The van der Waals surface area contributed by atoms with Crippen LogP contribution in [0.15, 0.2) is 60.8 Å². The lowest BCUT2D eigenvalue weighted by atomic mass is 10.0. The van der Waals surface area contributed by atoms with Crippen LogP contribution in [0.4, 0.5) is 0 Å². The molecule has 16 heteroatoms. The van der Waals surface area contributed by atoms with Gasteiger partial charge in [0.05, 0.1) is 25.9 Å². The molecule has 0 aromatic carbocycles. The zero-order valence-corrected chi connectivity index (χ0v) is 36.8. The van der Waals surface area contributed by atoms with Crippen LogP contribution in [0.25, 0.3) is 0 Å². The summed E-state index contributed by atoms with van der Waals surface area (Å²) in [6, 6.07) is 0. The summed E-state index contributed by atoms with van der Waals surface area (Å²) in [6.45, 7) is 1.48. The second kappa shape index (κ2) is 37.8. The van der Waals surface area contributed by atoms with E-state index in [9.17, 15) is 33.8 Å². The number of hydrogen-bond donors (Lipinski definition) is 5. The first-order valence-electron chi connectivity index (χ1n) is 21.1. The third-order valence-corrected chi connectivity index (χ3v) is 9.93. The standard InChI is InChI=1S/C42H74O14P2/c1-3-5-7-9-11-12-13-14-15-16-20-24-28-32-41(45)52-36-40(37-55-58(50,51)54-35-39(44)34-53-57(47,48)49)56-42(46)33-29-25-21-18-17-19-23-27-31-38(43)30-26-22-10-8-6-4-2/h6,8,18-19,21-23,26-27,31,38-40,43-44H,3-5,7,9-17,20,24-25,28-30,32-37H2,1-2H3,(H,50,51)(H2,47,48,49)/b8-6-,21-18-,23-19-,26-22-,31-27+/t38?,39-,40+/m0/s1. The molecule has 0 fully saturated rings. The Balaban J connectivity index is 4.71. The summed E-state index contributed by atoms with van der Waals surface area (Å²) in [4.78, 5) is 52.6. The number of phosphoric acid groups is 2. The van der Waals surface area contributed by atoms with Crippen molar-refractivity contribution in [1.82, 2.24) is 0 Å². The normalized spacial score (nSPS) is 15.2. The van der Waals surface area contributed by atoms with E-state index >= 15 is 0 Å². The van der Waals surface area contributed by atoms with Crippen molar-refractivity contribution in [3.8, 4) is 0 Å². The number of rotatable bonds is 39. The fraction of sp³-hybridized carbons (Fsp3) is 0.714. The quantitative estimate of drug-likeness (QED) is 0.0128. The Morgan fingerprint density at radius 1 is 0.586 bits per heavy atom. The third kappa shape index (κ3) is 40.6. The lowest BCUT2D eigenvalue weighted by molar-refractivity contribution is -0.161. The van der Waals surface area contributed by atoms with Gasteiger partial charge in [-0.25, -0.2) is 9.13 Å². The summed E-state index contributed by atoms with van der Waals surface area (Å²) in [5.74, 6) is -1.14. The molecule has 0 heterocycles. The predicted molar refractivity (Wildman–Crippen MR) is 227 cm³/mol. The number of aliphatic hydroxyl groups excluding tert-OH is 2. The monoisotopic (exact) mass is 864 g/mol. The molecule has 0 aromatic rings. The van der Waals surface area contributed by atoms with Gasteiger partial charge < -0.3 is 34.4 Å². The molecule has 0 aliphatic rings. The Bertz CT molecular complexity index is 1280. The maximum Gasteiger partial charge on any atom is 0.472 e. The fourth-order valence-electron chi connectivity index (χ4n) is 5.29. The van der Waals surface area contributed by atoms with Crippen molar-refractivity contribution in [2.45, 2.75) is 167 Å². The number of phosphoric ester groups is 2. The second-order valence-electron chi connectivity index (χ2n) is 14.1. The third-order valence-electron chi connectivity index (χ3n) is 8.49. The predicted octanol–water partition coefficient (Wildman–Crippen LogP) is 9.42. The van der Waals surface area contributed by atoms with Gasteiger partial charge in [-0.1, -0.05) is 152 Å². The highest BCUT2D eigenvalue weighted by molar-refractivity contribution is 7.47. The zero-order valence-electron chi connectivity index (χ0n) is 35.0. The smallest absolute Gasteiger partial charge is 0.462 e. The first-order chi connectivity index (χ1) is 27.8. The highest BCUT2D eigenvalue weighted by Crippen LogP contribution is 2.43. The van der Waals surface area contributed by atoms with E-state index in [1.54, 1.807) is 12.2 Å². The van der Waals surface area contributed by atoms with Crippen molar-refractivity contribution >= 4 is 27.6 Å². The highest BCUT2D eigenvalue weighted by atomic mass is 31.2. The Morgan fingerprint density at radius 3 is 1.78 bits per heavy atom. The second-order valence-corrected chi connectivity index (χ2v) is 16.8. The van der Waals surface area contributed by atoms with Crippen LogP contribution < -0.4 is 0 Å². The molecule has 0 aliphatic heterocycles. The van der Waals surface area contributed by atoms with E-state index in [4.69, 9.17) is 23.8 Å². The Morgan fingerprint density at radius 2 is 1.14 bits per heavy atom. The van der Waals surface area contributed by atoms with Crippen LogP contribution in [0.1, 0.15) is 149 Å². The molecule has 0 saturated carbocycles. The summed E-state index contributed by atoms with van der Waals surface area (Å²) in [5, 5.41) is 19.7. The van der Waals surface area contributed by atoms with Crippen molar-refractivity contribution in [3.05, 3.63) is 60.8 Å². The van der Waals surface area contributed by atoms with Gasteiger partial charge in [0.15, 0.2) is 6.10 Å². The number of ether oxygens (including phenoxy) is 2. The average molecular weight is 865 g/mol. The van der Waals surface area contributed by atoms with Crippen molar-refractivity contribution in [3.63, 3.8) is 0 Å². The van der Waals surface area contributed by atoms with Crippen molar-refractivity contribution in [2.24, 2.45) is 0 Å².